The number of hydrogen-bond acceptors (Lipinski definition) is 3. The van der Waals surface area contributed by atoms with E-state index in [0.717, 1.165) is 18.4 Å². The van der Waals surface area contributed by atoms with Crippen molar-refractivity contribution in [3.8, 4) is 0 Å². The number of benzene rings is 1. The van der Waals surface area contributed by atoms with Gasteiger partial charge in [0.15, 0.2) is 0 Å². The van der Waals surface area contributed by atoms with Gasteiger partial charge in [0.1, 0.15) is 0 Å². The van der Waals surface area contributed by atoms with E-state index < -0.39 is 10.2 Å². The van der Waals surface area contributed by atoms with E-state index in [9.17, 15) is 8.42 Å². The highest BCUT2D eigenvalue weighted by molar-refractivity contribution is 7.87. The molecule has 0 aromatic heterocycles. The molecule has 1 aromatic carbocycles. The summed E-state index contributed by atoms with van der Waals surface area (Å²) in [6, 6.07) is 8.14. The van der Waals surface area contributed by atoms with Gasteiger partial charge in [-0.2, -0.15) is 12.7 Å². The molecule has 0 radical (unpaired) electrons. The van der Waals surface area contributed by atoms with E-state index in [1.807, 2.05) is 26.2 Å². The smallest absolute Gasteiger partial charge is 0.279 e. The third kappa shape index (κ3) is 4.03. The molecule has 0 aliphatic carbocycles. The third-order valence-electron chi connectivity index (χ3n) is 4.03. The summed E-state index contributed by atoms with van der Waals surface area (Å²) in [4.78, 5) is 2.05. The number of nitrogens with one attached hydrogen (secondary N) is 1. The van der Waals surface area contributed by atoms with Crippen molar-refractivity contribution in [2.24, 2.45) is 0 Å². The lowest BCUT2D eigenvalue weighted by molar-refractivity contribution is 0.296. The van der Waals surface area contributed by atoms with E-state index in [2.05, 4.69) is 28.7 Å². The van der Waals surface area contributed by atoms with E-state index >= 15 is 0 Å². The van der Waals surface area contributed by atoms with Crippen LogP contribution in [-0.2, 0) is 10.2 Å². The lowest BCUT2D eigenvalue weighted by Crippen LogP contribution is -2.42. The van der Waals surface area contributed by atoms with E-state index in [1.54, 1.807) is 0 Å². The lowest BCUT2D eigenvalue weighted by atomic mass is 10.0. The fourth-order valence-electron chi connectivity index (χ4n) is 2.74. The Kier molecular flexibility index (Phi) is 5.37. The number of likely N-dealkylation sites (N-methyl/N-ethyl adjacent to an activating group) is 1. The van der Waals surface area contributed by atoms with Gasteiger partial charge in [-0.15, -0.1) is 0 Å². The summed E-state index contributed by atoms with van der Waals surface area (Å²) in [5, 5.41) is 0. The zero-order valence-corrected chi connectivity index (χ0v) is 13.9. The summed E-state index contributed by atoms with van der Waals surface area (Å²) in [5.41, 5.74) is 2.34. The predicted octanol–water partition coefficient (Wildman–Crippen LogP) is 1.53. The summed E-state index contributed by atoms with van der Waals surface area (Å²) in [7, 11) is 0.594. The minimum absolute atomic E-state index is 0.0311. The van der Waals surface area contributed by atoms with Crippen LogP contribution in [0.5, 0.6) is 0 Å². The number of rotatable bonds is 6. The van der Waals surface area contributed by atoms with Gasteiger partial charge in [0.2, 0.25) is 0 Å². The Balaban J connectivity index is 2.09. The Bertz CT molecular complexity index is 566. The Morgan fingerprint density at radius 1 is 1.24 bits per heavy atom. The Labute approximate surface area is 128 Å². The van der Waals surface area contributed by atoms with Gasteiger partial charge in [0.05, 0.1) is 0 Å². The zero-order valence-electron chi connectivity index (χ0n) is 13.0. The first kappa shape index (κ1) is 16.4. The SMILES string of the molecule is Cc1ccccc1[C@H](CNS(=O)(=O)N1CCCC1)N(C)C. The van der Waals surface area contributed by atoms with Crippen molar-refractivity contribution < 1.29 is 8.42 Å². The highest BCUT2D eigenvalue weighted by Crippen LogP contribution is 2.21. The van der Waals surface area contributed by atoms with Crippen molar-refractivity contribution in [1.82, 2.24) is 13.9 Å². The minimum Gasteiger partial charge on any atom is -0.301 e. The van der Waals surface area contributed by atoms with E-state index in [4.69, 9.17) is 0 Å². The first-order valence-corrected chi connectivity index (χ1v) is 8.82. The maximum atomic E-state index is 12.3. The summed E-state index contributed by atoms with van der Waals surface area (Å²) >= 11 is 0. The minimum atomic E-state index is -3.35. The van der Waals surface area contributed by atoms with Crippen LogP contribution >= 0.6 is 0 Å². The van der Waals surface area contributed by atoms with E-state index in [0.29, 0.717) is 19.6 Å². The van der Waals surface area contributed by atoms with Crippen LogP contribution in [0.4, 0.5) is 0 Å². The fraction of sp³-hybridized carbons (Fsp3) is 0.600. The molecule has 1 fully saturated rings. The molecule has 0 unspecified atom stereocenters. The molecular formula is C15H25N3O2S. The van der Waals surface area contributed by atoms with Crippen LogP contribution in [0.2, 0.25) is 0 Å². The lowest BCUT2D eigenvalue weighted by Gasteiger charge is -2.27. The van der Waals surface area contributed by atoms with Crippen LogP contribution in [0, 0.1) is 6.92 Å². The molecule has 21 heavy (non-hydrogen) atoms. The largest absolute Gasteiger partial charge is 0.301 e. The second-order valence-electron chi connectivity index (χ2n) is 5.80. The summed E-state index contributed by atoms with van der Waals surface area (Å²) in [6.45, 7) is 3.70. The predicted molar refractivity (Wildman–Crippen MR) is 85.3 cm³/mol. The standard InChI is InChI=1S/C15H25N3O2S/c1-13-8-4-5-9-14(13)15(17(2)3)12-16-21(19,20)18-10-6-7-11-18/h4-5,8-9,15-16H,6-7,10-12H2,1-3H3/t15-/m0/s1. The van der Waals surface area contributed by atoms with Crippen LogP contribution in [0.25, 0.3) is 0 Å². The fourth-order valence-corrected chi connectivity index (χ4v) is 4.03. The molecule has 1 aromatic rings. The van der Waals surface area contributed by atoms with E-state index in [1.165, 1.54) is 9.87 Å². The van der Waals surface area contributed by atoms with Crippen molar-refractivity contribution >= 4 is 10.2 Å². The highest BCUT2D eigenvalue weighted by Gasteiger charge is 2.26. The van der Waals surface area contributed by atoms with Crippen molar-refractivity contribution in [3.63, 3.8) is 0 Å². The second-order valence-corrected chi connectivity index (χ2v) is 7.55. The summed E-state index contributed by atoms with van der Waals surface area (Å²) in [6.07, 6.45) is 1.91. The molecule has 6 heteroatoms. The molecule has 0 amide bonds. The maximum absolute atomic E-state index is 12.3. The highest BCUT2D eigenvalue weighted by atomic mass is 32.2. The Morgan fingerprint density at radius 3 is 2.43 bits per heavy atom. The van der Waals surface area contributed by atoms with Crippen LogP contribution in [-0.4, -0.2) is 51.4 Å². The van der Waals surface area contributed by atoms with Gasteiger partial charge in [-0.05, 0) is 45.0 Å². The average Bonchev–Trinajstić information content (AvgIpc) is 2.95. The molecule has 1 atom stereocenters. The normalized spacial score (nSPS) is 18.3. The average molecular weight is 311 g/mol. The second kappa shape index (κ2) is 6.87. The molecule has 118 valence electrons. The molecule has 0 saturated carbocycles. The first-order valence-electron chi connectivity index (χ1n) is 7.38. The molecule has 1 N–H and O–H groups in total. The molecule has 1 heterocycles. The van der Waals surface area contributed by atoms with Crippen molar-refractivity contribution in [3.05, 3.63) is 35.4 Å². The first-order chi connectivity index (χ1) is 9.92. The van der Waals surface area contributed by atoms with Gasteiger partial charge in [0, 0.05) is 25.7 Å². The number of aryl methyl sites for hydroxylation is 1. The van der Waals surface area contributed by atoms with Crippen molar-refractivity contribution in [2.45, 2.75) is 25.8 Å². The summed E-state index contributed by atoms with van der Waals surface area (Å²) < 4.78 is 28.8. The van der Waals surface area contributed by atoms with Gasteiger partial charge in [-0.1, -0.05) is 24.3 Å². The molecule has 0 bridgehead atoms. The molecule has 1 aliphatic rings. The van der Waals surface area contributed by atoms with Crippen LogP contribution in [0.3, 0.4) is 0 Å². The van der Waals surface area contributed by atoms with Gasteiger partial charge < -0.3 is 4.90 Å². The molecule has 1 saturated heterocycles. The van der Waals surface area contributed by atoms with Gasteiger partial charge in [-0.25, -0.2) is 4.72 Å². The summed E-state index contributed by atoms with van der Waals surface area (Å²) in [5.74, 6) is 0. The van der Waals surface area contributed by atoms with Crippen LogP contribution < -0.4 is 4.72 Å². The quantitative estimate of drug-likeness (QED) is 0.867. The third-order valence-corrected chi connectivity index (χ3v) is 5.61. The molecule has 5 nitrogen and oxygen atoms in total. The van der Waals surface area contributed by atoms with Crippen LogP contribution in [0.1, 0.15) is 30.0 Å². The topological polar surface area (TPSA) is 52.7 Å². The van der Waals surface area contributed by atoms with Gasteiger partial charge in [-0.3, -0.25) is 0 Å². The van der Waals surface area contributed by atoms with E-state index in [-0.39, 0.29) is 6.04 Å². The Morgan fingerprint density at radius 2 is 1.86 bits per heavy atom. The number of nitrogens with zero attached hydrogens (tertiary/aromatic N) is 2. The molecule has 2 rings (SSSR count). The molecule has 0 spiro atoms. The molecule has 1 aliphatic heterocycles. The monoisotopic (exact) mass is 311 g/mol. The Hall–Kier alpha value is -0.950. The maximum Gasteiger partial charge on any atom is 0.279 e. The van der Waals surface area contributed by atoms with Crippen molar-refractivity contribution in [1.29, 1.82) is 0 Å². The van der Waals surface area contributed by atoms with Crippen LogP contribution in [0.15, 0.2) is 24.3 Å². The van der Waals surface area contributed by atoms with Gasteiger partial charge >= 0.3 is 0 Å². The molecular weight excluding hydrogens is 286 g/mol. The zero-order chi connectivity index (χ0) is 15.5. The number of hydrogen-bond donors (Lipinski definition) is 1. The van der Waals surface area contributed by atoms with Crippen molar-refractivity contribution in [2.75, 3.05) is 33.7 Å². The van der Waals surface area contributed by atoms with Gasteiger partial charge in [0.25, 0.3) is 10.2 Å².